The Labute approximate surface area is 151 Å². The molecule has 0 aliphatic heterocycles. The zero-order valence-corrected chi connectivity index (χ0v) is 14.9. The standard InChI is InChI=1S/C16H17ClN4S2/c1-2-11-4-3-5-14(10-11)19-16(23)21-20-15(22)18-13-8-6-12(17)7-9-13/h3-10H,2H2,1H3,(H2,18,20,22)(H2,19,21,23). The first-order chi connectivity index (χ1) is 11.1. The summed E-state index contributed by atoms with van der Waals surface area (Å²) in [5.41, 5.74) is 8.68. The molecule has 0 saturated carbocycles. The van der Waals surface area contributed by atoms with Crippen LogP contribution in [0.25, 0.3) is 0 Å². The van der Waals surface area contributed by atoms with E-state index in [0.29, 0.717) is 15.2 Å². The van der Waals surface area contributed by atoms with Gasteiger partial charge in [-0.2, -0.15) is 0 Å². The Morgan fingerprint density at radius 3 is 2.13 bits per heavy atom. The highest BCUT2D eigenvalue weighted by atomic mass is 35.5. The van der Waals surface area contributed by atoms with Crippen molar-refractivity contribution in [3.05, 3.63) is 59.1 Å². The number of rotatable bonds is 3. The Morgan fingerprint density at radius 1 is 0.913 bits per heavy atom. The van der Waals surface area contributed by atoms with Crippen molar-refractivity contribution in [1.82, 2.24) is 10.9 Å². The van der Waals surface area contributed by atoms with E-state index >= 15 is 0 Å². The van der Waals surface area contributed by atoms with Gasteiger partial charge >= 0.3 is 0 Å². The lowest BCUT2D eigenvalue weighted by atomic mass is 10.1. The summed E-state index contributed by atoms with van der Waals surface area (Å²) in [5.74, 6) is 0. The van der Waals surface area contributed by atoms with Crippen molar-refractivity contribution in [2.24, 2.45) is 0 Å². The van der Waals surface area contributed by atoms with Crippen LogP contribution < -0.4 is 21.5 Å². The molecule has 0 fully saturated rings. The molecule has 23 heavy (non-hydrogen) atoms. The van der Waals surface area contributed by atoms with Gasteiger partial charge in [-0.1, -0.05) is 30.7 Å². The van der Waals surface area contributed by atoms with Gasteiger partial charge in [0, 0.05) is 16.4 Å². The molecule has 0 unspecified atom stereocenters. The van der Waals surface area contributed by atoms with Crippen molar-refractivity contribution in [2.75, 3.05) is 10.6 Å². The van der Waals surface area contributed by atoms with Gasteiger partial charge in [0.05, 0.1) is 0 Å². The van der Waals surface area contributed by atoms with Gasteiger partial charge in [-0.15, -0.1) is 0 Å². The van der Waals surface area contributed by atoms with Crippen LogP contribution >= 0.6 is 36.0 Å². The van der Waals surface area contributed by atoms with Crippen molar-refractivity contribution in [3.8, 4) is 0 Å². The van der Waals surface area contributed by atoms with Crippen molar-refractivity contribution >= 4 is 57.6 Å². The molecule has 120 valence electrons. The monoisotopic (exact) mass is 364 g/mol. The van der Waals surface area contributed by atoms with E-state index in [0.717, 1.165) is 17.8 Å². The quantitative estimate of drug-likeness (QED) is 0.486. The van der Waals surface area contributed by atoms with E-state index in [1.165, 1.54) is 5.56 Å². The van der Waals surface area contributed by atoms with Gasteiger partial charge in [0.1, 0.15) is 0 Å². The van der Waals surface area contributed by atoms with E-state index in [4.69, 9.17) is 36.0 Å². The van der Waals surface area contributed by atoms with Crippen LogP contribution in [-0.4, -0.2) is 10.2 Å². The maximum absolute atomic E-state index is 5.84. The summed E-state index contributed by atoms with van der Waals surface area (Å²) in [5, 5.41) is 7.62. The SMILES string of the molecule is CCc1cccc(NC(=S)NNC(=S)Nc2ccc(Cl)cc2)c1. The summed E-state index contributed by atoms with van der Waals surface area (Å²) in [4.78, 5) is 0. The molecule has 2 aromatic rings. The Bertz CT molecular complexity index is 689. The molecule has 0 saturated heterocycles. The minimum Gasteiger partial charge on any atom is -0.331 e. The van der Waals surface area contributed by atoms with Crippen LogP contribution in [0, 0.1) is 0 Å². The summed E-state index contributed by atoms with van der Waals surface area (Å²) in [6.07, 6.45) is 0.975. The highest BCUT2D eigenvalue weighted by Gasteiger charge is 2.01. The molecule has 7 heteroatoms. The van der Waals surface area contributed by atoms with E-state index in [-0.39, 0.29) is 0 Å². The smallest absolute Gasteiger partial charge is 0.189 e. The van der Waals surface area contributed by atoms with E-state index in [1.807, 2.05) is 24.3 Å². The molecule has 2 rings (SSSR count). The van der Waals surface area contributed by atoms with Crippen LogP contribution in [0.1, 0.15) is 12.5 Å². The fourth-order valence-electron chi connectivity index (χ4n) is 1.84. The van der Waals surface area contributed by atoms with Crippen molar-refractivity contribution in [1.29, 1.82) is 0 Å². The Morgan fingerprint density at radius 2 is 1.52 bits per heavy atom. The topological polar surface area (TPSA) is 48.1 Å². The molecular weight excluding hydrogens is 348 g/mol. The summed E-state index contributed by atoms with van der Waals surface area (Å²) < 4.78 is 0. The highest BCUT2D eigenvalue weighted by Crippen LogP contribution is 2.13. The van der Waals surface area contributed by atoms with Crippen LogP contribution in [0.2, 0.25) is 5.02 Å². The predicted molar refractivity (Wildman–Crippen MR) is 106 cm³/mol. The van der Waals surface area contributed by atoms with E-state index in [1.54, 1.807) is 12.1 Å². The molecule has 2 aromatic carbocycles. The summed E-state index contributed by atoms with van der Waals surface area (Å²) in [6.45, 7) is 2.11. The number of hydrogen-bond acceptors (Lipinski definition) is 2. The van der Waals surface area contributed by atoms with Gasteiger partial charge in [-0.25, -0.2) is 0 Å². The lowest BCUT2D eigenvalue weighted by molar-refractivity contribution is 0.885. The first-order valence-corrected chi connectivity index (χ1v) is 8.25. The van der Waals surface area contributed by atoms with E-state index in [9.17, 15) is 0 Å². The average Bonchev–Trinajstić information content (AvgIpc) is 2.55. The third-order valence-electron chi connectivity index (χ3n) is 2.98. The lowest BCUT2D eigenvalue weighted by Crippen LogP contribution is -2.45. The molecule has 0 radical (unpaired) electrons. The normalized spacial score (nSPS) is 9.83. The molecule has 4 N–H and O–H groups in total. The molecule has 0 bridgehead atoms. The number of anilines is 2. The summed E-state index contributed by atoms with van der Waals surface area (Å²) in [6, 6.07) is 15.3. The summed E-state index contributed by atoms with van der Waals surface area (Å²) >= 11 is 16.2. The maximum Gasteiger partial charge on any atom is 0.189 e. The number of hydrazine groups is 1. The number of halogens is 1. The second kappa shape index (κ2) is 8.67. The molecule has 0 aliphatic rings. The van der Waals surface area contributed by atoms with Crippen LogP contribution in [0.5, 0.6) is 0 Å². The molecule has 0 aromatic heterocycles. The lowest BCUT2D eigenvalue weighted by Gasteiger charge is -2.14. The van der Waals surface area contributed by atoms with Crippen molar-refractivity contribution in [3.63, 3.8) is 0 Å². The zero-order valence-electron chi connectivity index (χ0n) is 12.5. The van der Waals surface area contributed by atoms with Crippen LogP contribution in [-0.2, 0) is 6.42 Å². The Hall–Kier alpha value is -1.89. The largest absolute Gasteiger partial charge is 0.331 e. The van der Waals surface area contributed by atoms with Crippen molar-refractivity contribution in [2.45, 2.75) is 13.3 Å². The molecule has 0 atom stereocenters. The minimum atomic E-state index is 0.402. The Balaban J connectivity index is 1.79. The summed E-state index contributed by atoms with van der Waals surface area (Å²) in [7, 11) is 0. The van der Waals surface area contributed by atoms with Crippen molar-refractivity contribution < 1.29 is 0 Å². The van der Waals surface area contributed by atoms with Crippen LogP contribution in [0.3, 0.4) is 0 Å². The molecule has 4 nitrogen and oxygen atoms in total. The van der Waals surface area contributed by atoms with Crippen LogP contribution in [0.4, 0.5) is 11.4 Å². The number of thiocarbonyl (C=S) groups is 2. The van der Waals surface area contributed by atoms with Gasteiger partial charge in [0.15, 0.2) is 10.2 Å². The zero-order chi connectivity index (χ0) is 16.7. The minimum absolute atomic E-state index is 0.402. The number of benzene rings is 2. The van der Waals surface area contributed by atoms with E-state index in [2.05, 4.69) is 40.5 Å². The second-order valence-corrected chi connectivity index (χ2v) is 5.97. The first kappa shape index (κ1) is 17.5. The average molecular weight is 365 g/mol. The number of hydrogen-bond donors (Lipinski definition) is 4. The van der Waals surface area contributed by atoms with Gasteiger partial charge in [-0.3, -0.25) is 10.9 Å². The molecular formula is C16H17ClN4S2. The van der Waals surface area contributed by atoms with Gasteiger partial charge < -0.3 is 10.6 Å². The predicted octanol–water partition coefficient (Wildman–Crippen LogP) is 4.09. The van der Waals surface area contributed by atoms with Gasteiger partial charge in [-0.05, 0) is 72.8 Å². The fourth-order valence-corrected chi connectivity index (χ4v) is 2.30. The molecule has 0 heterocycles. The number of nitrogens with one attached hydrogen (secondary N) is 4. The van der Waals surface area contributed by atoms with Gasteiger partial charge in [0.25, 0.3) is 0 Å². The Kier molecular flexibility index (Phi) is 6.58. The maximum atomic E-state index is 5.84. The first-order valence-electron chi connectivity index (χ1n) is 7.05. The molecule has 0 aliphatic carbocycles. The molecule has 0 spiro atoms. The fraction of sp³-hybridized carbons (Fsp3) is 0.125. The van der Waals surface area contributed by atoms with E-state index < -0.39 is 0 Å². The highest BCUT2D eigenvalue weighted by molar-refractivity contribution is 7.81. The second-order valence-electron chi connectivity index (χ2n) is 4.72. The molecule has 0 amide bonds. The third kappa shape index (κ3) is 6.02. The van der Waals surface area contributed by atoms with Gasteiger partial charge in [0.2, 0.25) is 0 Å². The van der Waals surface area contributed by atoms with Crippen LogP contribution in [0.15, 0.2) is 48.5 Å². The third-order valence-corrected chi connectivity index (χ3v) is 3.64. The number of aryl methyl sites for hydroxylation is 1.